The molecule has 1 amide bonds. The van der Waals surface area contributed by atoms with Gasteiger partial charge in [0.05, 0.1) is 24.5 Å². The van der Waals surface area contributed by atoms with Gasteiger partial charge in [-0.1, -0.05) is 24.3 Å². The maximum absolute atomic E-state index is 13.0. The van der Waals surface area contributed by atoms with Gasteiger partial charge in [0.1, 0.15) is 21.7 Å². The van der Waals surface area contributed by atoms with Crippen molar-refractivity contribution < 1.29 is 17.9 Å². The molecular weight excluding hydrogens is 436 g/mol. The van der Waals surface area contributed by atoms with Gasteiger partial charge in [0.2, 0.25) is 0 Å². The standard InChI is InChI=1S/C21H18N4O4S2/c1-13-11-17(25-31(27,28)19-10-6-9-15-20(19)24-30-23-15)18(29-2)12-16(13)22-21(26)14-7-4-3-5-8-14/h3-12,25H,1-2H3,(H,22,26). The summed E-state index contributed by atoms with van der Waals surface area (Å²) in [7, 11) is -2.52. The maximum atomic E-state index is 13.0. The fraction of sp³-hybridized carbons (Fsp3) is 0.0952. The average Bonchev–Trinajstić information content (AvgIpc) is 3.24. The van der Waals surface area contributed by atoms with Crippen LogP contribution >= 0.6 is 11.7 Å². The molecule has 1 aromatic heterocycles. The van der Waals surface area contributed by atoms with Crippen LogP contribution in [-0.4, -0.2) is 30.2 Å². The smallest absolute Gasteiger partial charge is 0.264 e. The fourth-order valence-corrected chi connectivity index (χ4v) is 4.88. The summed E-state index contributed by atoms with van der Waals surface area (Å²) >= 11 is 0.948. The van der Waals surface area contributed by atoms with Gasteiger partial charge in [-0.3, -0.25) is 9.52 Å². The van der Waals surface area contributed by atoms with Crippen molar-refractivity contribution in [3.63, 3.8) is 0 Å². The molecule has 0 aliphatic rings. The summed E-state index contributed by atoms with van der Waals surface area (Å²) in [6, 6.07) is 16.8. The minimum absolute atomic E-state index is 0.0277. The lowest BCUT2D eigenvalue weighted by molar-refractivity contribution is 0.102. The van der Waals surface area contributed by atoms with Crippen molar-refractivity contribution in [1.82, 2.24) is 8.75 Å². The van der Waals surface area contributed by atoms with Crippen molar-refractivity contribution in [3.8, 4) is 5.75 Å². The first kappa shape index (κ1) is 20.8. The van der Waals surface area contributed by atoms with Crippen molar-refractivity contribution >= 4 is 50.1 Å². The van der Waals surface area contributed by atoms with Crippen molar-refractivity contribution in [2.24, 2.45) is 0 Å². The number of nitrogens with one attached hydrogen (secondary N) is 2. The monoisotopic (exact) mass is 454 g/mol. The quantitative estimate of drug-likeness (QED) is 0.455. The van der Waals surface area contributed by atoms with Gasteiger partial charge in [0.25, 0.3) is 15.9 Å². The second kappa shape index (κ2) is 8.32. The maximum Gasteiger partial charge on any atom is 0.264 e. The number of hydrogen-bond acceptors (Lipinski definition) is 7. The molecule has 0 saturated carbocycles. The highest BCUT2D eigenvalue weighted by atomic mass is 32.2. The Morgan fingerprint density at radius 1 is 1.00 bits per heavy atom. The Labute approximate surface area is 183 Å². The number of aromatic nitrogens is 2. The van der Waals surface area contributed by atoms with Crippen LogP contribution in [0, 0.1) is 6.92 Å². The molecule has 10 heteroatoms. The Hall–Kier alpha value is -3.50. The lowest BCUT2D eigenvalue weighted by Gasteiger charge is -2.16. The molecule has 0 aliphatic heterocycles. The van der Waals surface area contributed by atoms with E-state index < -0.39 is 10.0 Å². The van der Waals surface area contributed by atoms with E-state index >= 15 is 0 Å². The van der Waals surface area contributed by atoms with E-state index in [9.17, 15) is 13.2 Å². The Kier molecular flexibility index (Phi) is 5.57. The Morgan fingerprint density at radius 3 is 2.52 bits per heavy atom. The predicted octanol–water partition coefficient (Wildman–Crippen LogP) is 4.06. The summed E-state index contributed by atoms with van der Waals surface area (Å²) < 4.78 is 42.2. The summed E-state index contributed by atoms with van der Waals surface area (Å²) in [5.41, 5.74) is 2.75. The van der Waals surface area contributed by atoms with Crippen LogP contribution in [-0.2, 0) is 10.0 Å². The molecule has 4 rings (SSSR count). The molecule has 8 nitrogen and oxygen atoms in total. The van der Waals surface area contributed by atoms with Crippen LogP contribution in [0.2, 0.25) is 0 Å². The van der Waals surface area contributed by atoms with E-state index in [-0.39, 0.29) is 22.2 Å². The van der Waals surface area contributed by atoms with Crippen molar-refractivity contribution in [2.75, 3.05) is 17.1 Å². The molecule has 2 N–H and O–H groups in total. The van der Waals surface area contributed by atoms with Gasteiger partial charge in [0.15, 0.2) is 0 Å². The van der Waals surface area contributed by atoms with Crippen molar-refractivity contribution in [1.29, 1.82) is 0 Å². The number of nitrogens with zero attached hydrogens (tertiary/aromatic N) is 2. The third-order valence-corrected chi connectivity index (χ3v) is 6.55. The first-order valence-corrected chi connectivity index (χ1v) is 11.4. The highest BCUT2D eigenvalue weighted by Crippen LogP contribution is 2.34. The molecular formula is C21H18N4O4S2. The van der Waals surface area contributed by atoms with E-state index in [1.54, 1.807) is 55.5 Å². The number of fused-ring (bicyclic) bond motifs is 1. The second-order valence-electron chi connectivity index (χ2n) is 6.68. The van der Waals surface area contributed by atoms with E-state index in [0.29, 0.717) is 27.8 Å². The third-order valence-electron chi connectivity index (χ3n) is 4.61. The Bertz CT molecular complexity index is 1370. The number of anilines is 2. The first-order chi connectivity index (χ1) is 14.9. The van der Waals surface area contributed by atoms with E-state index in [4.69, 9.17) is 4.74 Å². The Morgan fingerprint density at radius 2 is 1.77 bits per heavy atom. The highest BCUT2D eigenvalue weighted by Gasteiger charge is 2.22. The number of sulfonamides is 1. The van der Waals surface area contributed by atoms with Gasteiger partial charge in [-0.25, -0.2) is 8.42 Å². The van der Waals surface area contributed by atoms with Crippen LogP contribution in [0.4, 0.5) is 11.4 Å². The van der Waals surface area contributed by atoms with Crippen LogP contribution in [0.1, 0.15) is 15.9 Å². The molecule has 4 aromatic rings. The summed E-state index contributed by atoms with van der Waals surface area (Å²) in [4.78, 5) is 12.5. The molecule has 0 radical (unpaired) electrons. The van der Waals surface area contributed by atoms with Crippen LogP contribution in [0.25, 0.3) is 11.0 Å². The largest absolute Gasteiger partial charge is 0.494 e. The highest BCUT2D eigenvalue weighted by molar-refractivity contribution is 7.93. The molecule has 3 aromatic carbocycles. The zero-order valence-electron chi connectivity index (χ0n) is 16.6. The van der Waals surface area contributed by atoms with Crippen molar-refractivity contribution in [2.45, 2.75) is 11.8 Å². The molecule has 1 heterocycles. The molecule has 31 heavy (non-hydrogen) atoms. The molecule has 0 fully saturated rings. The predicted molar refractivity (Wildman–Crippen MR) is 120 cm³/mol. The van der Waals surface area contributed by atoms with Gasteiger partial charge < -0.3 is 10.1 Å². The SMILES string of the molecule is COc1cc(NC(=O)c2ccccc2)c(C)cc1NS(=O)(=O)c1cccc2nsnc12. The Balaban J connectivity index is 1.65. The second-order valence-corrected chi connectivity index (χ2v) is 8.86. The first-order valence-electron chi connectivity index (χ1n) is 9.18. The summed E-state index contributed by atoms with van der Waals surface area (Å²) in [5.74, 6) is -0.0112. The van der Waals surface area contributed by atoms with Gasteiger partial charge in [-0.15, -0.1) is 0 Å². The number of aryl methyl sites for hydroxylation is 1. The summed E-state index contributed by atoms with van der Waals surface area (Å²) in [6.45, 7) is 1.77. The number of rotatable bonds is 6. The lowest BCUT2D eigenvalue weighted by Crippen LogP contribution is -2.16. The van der Waals surface area contributed by atoms with Crippen LogP contribution in [0.3, 0.4) is 0 Å². The van der Waals surface area contributed by atoms with Gasteiger partial charge in [-0.2, -0.15) is 8.75 Å². The lowest BCUT2D eigenvalue weighted by atomic mass is 10.1. The fourth-order valence-electron chi connectivity index (χ4n) is 3.05. The van der Waals surface area contributed by atoms with Gasteiger partial charge >= 0.3 is 0 Å². The number of methoxy groups -OCH3 is 1. The third kappa shape index (κ3) is 4.21. The number of carbonyl (C=O) groups is 1. The van der Waals surface area contributed by atoms with E-state index in [1.807, 2.05) is 6.07 Å². The number of carbonyl (C=O) groups excluding carboxylic acids is 1. The zero-order valence-corrected chi connectivity index (χ0v) is 18.3. The normalized spacial score (nSPS) is 11.3. The molecule has 0 spiro atoms. The van der Waals surface area contributed by atoms with Gasteiger partial charge in [-0.05, 0) is 42.8 Å². The average molecular weight is 455 g/mol. The number of ether oxygens (including phenoxy) is 1. The van der Waals surface area contributed by atoms with Crippen LogP contribution in [0.5, 0.6) is 5.75 Å². The van der Waals surface area contributed by atoms with E-state index in [1.165, 1.54) is 13.2 Å². The number of hydrogen-bond donors (Lipinski definition) is 2. The van der Waals surface area contributed by atoms with E-state index in [2.05, 4.69) is 18.8 Å². The van der Waals surface area contributed by atoms with E-state index in [0.717, 1.165) is 11.7 Å². The molecule has 0 aliphatic carbocycles. The summed E-state index contributed by atoms with van der Waals surface area (Å²) in [6.07, 6.45) is 0. The van der Waals surface area contributed by atoms with Crippen molar-refractivity contribution in [3.05, 3.63) is 71.8 Å². The number of amides is 1. The number of benzene rings is 3. The zero-order chi connectivity index (χ0) is 22.0. The molecule has 0 bridgehead atoms. The van der Waals surface area contributed by atoms with Gasteiger partial charge in [0, 0.05) is 17.3 Å². The minimum atomic E-state index is -3.95. The van der Waals surface area contributed by atoms with Crippen LogP contribution in [0.15, 0.2) is 65.6 Å². The molecule has 0 atom stereocenters. The van der Waals surface area contributed by atoms with Crippen LogP contribution < -0.4 is 14.8 Å². The molecule has 0 unspecified atom stereocenters. The minimum Gasteiger partial charge on any atom is -0.494 e. The molecule has 0 saturated heterocycles. The topological polar surface area (TPSA) is 110 Å². The molecule has 158 valence electrons. The summed E-state index contributed by atoms with van der Waals surface area (Å²) in [5, 5.41) is 2.83.